The highest BCUT2D eigenvalue weighted by molar-refractivity contribution is 7.89. The van der Waals surface area contributed by atoms with Crippen LogP contribution in [0.15, 0.2) is 47.6 Å². The first-order chi connectivity index (χ1) is 10.1. The van der Waals surface area contributed by atoms with Gasteiger partial charge in [-0.1, -0.05) is 37.3 Å². The molecule has 0 aliphatic heterocycles. The third kappa shape index (κ3) is 3.69. The summed E-state index contributed by atoms with van der Waals surface area (Å²) in [5.41, 5.74) is 0.936. The van der Waals surface area contributed by atoms with Gasteiger partial charge in [-0.2, -0.15) is 9.40 Å². The van der Waals surface area contributed by atoms with Crippen LogP contribution in [-0.4, -0.2) is 40.8 Å². The van der Waals surface area contributed by atoms with Gasteiger partial charge in [-0.05, 0) is 5.56 Å². The molecule has 1 N–H and O–H groups in total. The molecule has 0 saturated heterocycles. The maximum atomic E-state index is 12.6. The van der Waals surface area contributed by atoms with Gasteiger partial charge in [0, 0.05) is 19.3 Å². The zero-order valence-electron chi connectivity index (χ0n) is 11.9. The maximum Gasteiger partial charge on any atom is 0.246 e. The van der Waals surface area contributed by atoms with Gasteiger partial charge in [0.05, 0.1) is 19.3 Å². The Kier molecular flexibility index (Phi) is 5.11. The zero-order valence-corrected chi connectivity index (χ0v) is 12.7. The summed E-state index contributed by atoms with van der Waals surface area (Å²) in [6.07, 6.45) is 2.76. The summed E-state index contributed by atoms with van der Waals surface area (Å²) in [6, 6.07) is 9.46. The average Bonchev–Trinajstić information content (AvgIpc) is 2.95. The van der Waals surface area contributed by atoms with Crippen molar-refractivity contribution in [2.45, 2.75) is 24.9 Å². The fourth-order valence-electron chi connectivity index (χ4n) is 2.01. The van der Waals surface area contributed by atoms with Crippen LogP contribution < -0.4 is 0 Å². The second kappa shape index (κ2) is 6.84. The molecule has 0 spiro atoms. The molecular formula is C14H19N3O3S. The fraction of sp³-hybridized carbons (Fsp3) is 0.357. The van der Waals surface area contributed by atoms with Crippen molar-refractivity contribution in [1.29, 1.82) is 0 Å². The van der Waals surface area contributed by atoms with Crippen LogP contribution in [-0.2, 0) is 23.1 Å². The van der Waals surface area contributed by atoms with Crippen molar-refractivity contribution in [3.05, 3.63) is 48.3 Å². The van der Waals surface area contributed by atoms with Crippen molar-refractivity contribution in [3.63, 3.8) is 0 Å². The summed E-state index contributed by atoms with van der Waals surface area (Å²) in [5, 5.41) is 12.8. The molecule has 0 aliphatic carbocycles. The van der Waals surface area contributed by atoms with E-state index in [9.17, 15) is 8.42 Å². The van der Waals surface area contributed by atoms with Crippen molar-refractivity contribution in [3.8, 4) is 0 Å². The van der Waals surface area contributed by atoms with E-state index in [1.807, 2.05) is 30.3 Å². The highest BCUT2D eigenvalue weighted by atomic mass is 32.2. The number of sulfonamides is 1. The molecule has 2 rings (SSSR count). The maximum absolute atomic E-state index is 12.6. The standard InChI is InChI=1S/C14H19N3O3S/c1-2-17(11-13-6-4-3-5-7-13)21(19,20)14-10-15-16(12-14)8-9-18/h3-7,10,12,18H,2,8-9,11H2,1H3. The van der Waals surface area contributed by atoms with E-state index in [-0.39, 0.29) is 18.0 Å². The Labute approximate surface area is 124 Å². The molecule has 0 saturated carbocycles. The fourth-order valence-corrected chi connectivity index (χ4v) is 3.40. The lowest BCUT2D eigenvalue weighted by atomic mass is 10.2. The molecule has 1 heterocycles. The number of rotatable bonds is 7. The van der Waals surface area contributed by atoms with Crippen LogP contribution in [0.1, 0.15) is 12.5 Å². The summed E-state index contributed by atoms with van der Waals surface area (Å²) in [5.74, 6) is 0. The highest BCUT2D eigenvalue weighted by Gasteiger charge is 2.24. The van der Waals surface area contributed by atoms with Crippen molar-refractivity contribution in [2.24, 2.45) is 0 Å². The molecule has 0 fully saturated rings. The average molecular weight is 309 g/mol. The van der Waals surface area contributed by atoms with E-state index in [1.165, 1.54) is 21.4 Å². The van der Waals surface area contributed by atoms with Crippen molar-refractivity contribution in [2.75, 3.05) is 13.2 Å². The first kappa shape index (κ1) is 15.7. The Morgan fingerprint density at radius 3 is 2.62 bits per heavy atom. The summed E-state index contributed by atoms with van der Waals surface area (Å²) in [7, 11) is -3.58. The Bertz CT molecular complexity index is 668. The summed E-state index contributed by atoms with van der Waals surface area (Å²) < 4.78 is 28.0. The molecular weight excluding hydrogens is 290 g/mol. The summed E-state index contributed by atoms with van der Waals surface area (Å²) in [4.78, 5) is 0.147. The summed E-state index contributed by atoms with van der Waals surface area (Å²) >= 11 is 0. The van der Waals surface area contributed by atoms with Gasteiger partial charge in [-0.3, -0.25) is 4.68 Å². The van der Waals surface area contributed by atoms with Gasteiger partial charge < -0.3 is 5.11 Å². The molecule has 0 radical (unpaired) electrons. The Morgan fingerprint density at radius 2 is 2.00 bits per heavy atom. The molecule has 0 amide bonds. The van der Waals surface area contributed by atoms with E-state index in [1.54, 1.807) is 6.92 Å². The van der Waals surface area contributed by atoms with Gasteiger partial charge in [-0.25, -0.2) is 8.42 Å². The van der Waals surface area contributed by atoms with Gasteiger partial charge >= 0.3 is 0 Å². The Morgan fingerprint density at radius 1 is 1.29 bits per heavy atom. The second-order valence-electron chi connectivity index (χ2n) is 4.58. The largest absolute Gasteiger partial charge is 0.394 e. The molecule has 0 aliphatic rings. The minimum atomic E-state index is -3.58. The summed E-state index contributed by atoms with van der Waals surface area (Å²) in [6.45, 7) is 2.70. The van der Waals surface area contributed by atoms with Crippen LogP contribution in [0.25, 0.3) is 0 Å². The predicted molar refractivity (Wildman–Crippen MR) is 79.0 cm³/mol. The smallest absolute Gasteiger partial charge is 0.246 e. The van der Waals surface area contributed by atoms with Gasteiger partial charge in [0.15, 0.2) is 0 Å². The van der Waals surface area contributed by atoms with E-state index in [0.29, 0.717) is 13.1 Å². The molecule has 21 heavy (non-hydrogen) atoms. The van der Waals surface area contributed by atoms with E-state index in [4.69, 9.17) is 5.11 Å². The van der Waals surface area contributed by atoms with Crippen molar-refractivity contribution >= 4 is 10.0 Å². The molecule has 6 nitrogen and oxygen atoms in total. The monoisotopic (exact) mass is 309 g/mol. The molecule has 1 aromatic carbocycles. The third-order valence-corrected chi connectivity index (χ3v) is 5.00. The van der Waals surface area contributed by atoms with E-state index in [2.05, 4.69) is 5.10 Å². The highest BCUT2D eigenvalue weighted by Crippen LogP contribution is 2.17. The molecule has 1 aromatic heterocycles. The Hall–Kier alpha value is -1.70. The molecule has 2 aromatic rings. The third-order valence-electron chi connectivity index (χ3n) is 3.13. The number of aliphatic hydroxyl groups excluding tert-OH is 1. The molecule has 0 atom stereocenters. The molecule has 7 heteroatoms. The van der Waals surface area contributed by atoms with Crippen LogP contribution in [0.4, 0.5) is 0 Å². The van der Waals surface area contributed by atoms with Crippen LogP contribution in [0, 0.1) is 0 Å². The lowest BCUT2D eigenvalue weighted by molar-refractivity contribution is 0.269. The van der Waals surface area contributed by atoms with Gasteiger partial charge in [0.25, 0.3) is 0 Å². The zero-order chi connectivity index (χ0) is 15.3. The van der Waals surface area contributed by atoms with Gasteiger partial charge in [0.2, 0.25) is 10.0 Å². The van der Waals surface area contributed by atoms with E-state index < -0.39 is 10.0 Å². The van der Waals surface area contributed by atoms with Crippen LogP contribution in [0.5, 0.6) is 0 Å². The lowest BCUT2D eigenvalue weighted by Gasteiger charge is -2.19. The minimum Gasteiger partial charge on any atom is -0.394 e. The topological polar surface area (TPSA) is 75.4 Å². The quantitative estimate of drug-likeness (QED) is 0.830. The van der Waals surface area contributed by atoms with Crippen LogP contribution >= 0.6 is 0 Å². The normalized spacial score (nSPS) is 12.0. The number of aliphatic hydroxyl groups is 1. The number of hydrogen-bond acceptors (Lipinski definition) is 4. The van der Waals surface area contributed by atoms with Crippen molar-refractivity contribution in [1.82, 2.24) is 14.1 Å². The first-order valence-electron chi connectivity index (χ1n) is 6.75. The number of hydrogen-bond donors (Lipinski definition) is 1. The minimum absolute atomic E-state index is 0.0807. The molecule has 0 bridgehead atoms. The second-order valence-corrected chi connectivity index (χ2v) is 6.52. The first-order valence-corrected chi connectivity index (χ1v) is 8.19. The molecule has 0 unspecified atom stereocenters. The van der Waals surface area contributed by atoms with Crippen LogP contribution in [0.3, 0.4) is 0 Å². The Balaban J connectivity index is 2.22. The predicted octanol–water partition coefficient (Wildman–Crippen LogP) is 1.09. The SMILES string of the molecule is CCN(Cc1ccccc1)S(=O)(=O)c1cnn(CCO)c1. The number of nitrogens with zero attached hydrogens (tertiary/aromatic N) is 3. The van der Waals surface area contributed by atoms with E-state index >= 15 is 0 Å². The number of benzene rings is 1. The van der Waals surface area contributed by atoms with Crippen molar-refractivity contribution < 1.29 is 13.5 Å². The van der Waals surface area contributed by atoms with E-state index in [0.717, 1.165) is 5.56 Å². The molecule has 114 valence electrons. The van der Waals surface area contributed by atoms with Gasteiger partial charge in [0.1, 0.15) is 4.90 Å². The van der Waals surface area contributed by atoms with Crippen LogP contribution in [0.2, 0.25) is 0 Å². The van der Waals surface area contributed by atoms with Gasteiger partial charge in [-0.15, -0.1) is 0 Å². The lowest BCUT2D eigenvalue weighted by Crippen LogP contribution is -2.30. The number of aromatic nitrogens is 2.